The standard InChI is InChI=1S/C16H20N2O2S/c1-2-14(19)18-11-16(5-6-16)9-13(18)15(20)17-7-3-12-4-8-21-10-12/h2,4,8,10,13H,1,3,5-7,9,11H2,(H,17,20)/t13-/m1/s1. The van der Waals surface area contributed by atoms with Gasteiger partial charge in [-0.25, -0.2) is 0 Å². The normalized spacial score (nSPS) is 22.3. The number of amides is 2. The van der Waals surface area contributed by atoms with E-state index in [1.165, 1.54) is 11.6 Å². The molecule has 0 radical (unpaired) electrons. The molecule has 2 amide bonds. The molecule has 1 aromatic rings. The summed E-state index contributed by atoms with van der Waals surface area (Å²) >= 11 is 1.66. The van der Waals surface area contributed by atoms with Gasteiger partial charge in [0, 0.05) is 13.1 Å². The van der Waals surface area contributed by atoms with Gasteiger partial charge in [-0.15, -0.1) is 0 Å². The maximum Gasteiger partial charge on any atom is 0.246 e. The number of carbonyl (C=O) groups is 2. The molecule has 0 unspecified atom stereocenters. The van der Waals surface area contributed by atoms with Crippen molar-refractivity contribution in [3.05, 3.63) is 35.0 Å². The van der Waals surface area contributed by atoms with E-state index in [1.54, 1.807) is 16.2 Å². The van der Waals surface area contributed by atoms with Gasteiger partial charge in [0.15, 0.2) is 0 Å². The lowest BCUT2D eigenvalue weighted by Gasteiger charge is -2.22. The quantitative estimate of drug-likeness (QED) is 0.846. The third-order valence-corrected chi connectivity index (χ3v) is 5.25. The molecule has 2 heterocycles. The molecule has 1 spiro atoms. The third kappa shape index (κ3) is 3.02. The molecular formula is C16H20N2O2S. The van der Waals surface area contributed by atoms with Crippen LogP contribution in [-0.4, -0.2) is 35.8 Å². The first-order valence-corrected chi connectivity index (χ1v) is 8.30. The Kier molecular flexibility index (Phi) is 3.85. The van der Waals surface area contributed by atoms with E-state index in [-0.39, 0.29) is 23.3 Å². The summed E-state index contributed by atoms with van der Waals surface area (Å²) in [6.45, 7) is 4.87. The minimum absolute atomic E-state index is 0.0239. The van der Waals surface area contributed by atoms with Gasteiger partial charge in [0.2, 0.25) is 11.8 Å². The van der Waals surface area contributed by atoms with E-state index in [0.29, 0.717) is 13.1 Å². The van der Waals surface area contributed by atoms with Crippen LogP contribution in [0.25, 0.3) is 0 Å². The highest BCUT2D eigenvalue weighted by molar-refractivity contribution is 7.07. The predicted octanol–water partition coefficient (Wildman–Crippen LogP) is 1.97. The third-order valence-electron chi connectivity index (χ3n) is 4.52. The van der Waals surface area contributed by atoms with Gasteiger partial charge in [0.05, 0.1) is 0 Å². The highest BCUT2D eigenvalue weighted by atomic mass is 32.1. The van der Waals surface area contributed by atoms with Crippen LogP contribution < -0.4 is 5.32 Å². The summed E-state index contributed by atoms with van der Waals surface area (Å²) in [7, 11) is 0. The second-order valence-corrected chi connectivity index (χ2v) is 6.84. The van der Waals surface area contributed by atoms with Crippen molar-refractivity contribution in [1.82, 2.24) is 10.2 Å². The molecule has 1 atom stereocenters. The van der Waals surface area contributed by atoms with Gasteiger partial charge >= 0.3 is 0 Å². The molecule has 1 saturated heterocycles. The fourth-order valence-corrected chi connectivity index (χ4v) is 3.76. The number of thiophene rings is 1. The van der Waals surface area contributed by atoms with Gasteiger partial charge in [-0.1, -0.05) is 6.58 Å². The molecule has 21 heavy (non-hydrogen) atoms. The molecule has 4 nitrogen and oxygen atoms in total. The van der Waals surface area contributed by atoms with Crippen molar-refractivity contribution >= 4 is 23.2 Å². The van der Waals surface area contributed by atoms with Gasteiger partial charge in [0.25, 0.3) is 0 Å². The van der Waals surface area contributed by atoms with Crippen molar-refractivity contribution in [2.24, 2.45) is 5.41 Å². The molecule has 2 aliphatic rings. The maximum absolute atomic E-state index is 12.4. The Labute approximate surface area is 128 Å². The van der Waals surface area contributed by atoms with E-state index >= 15 is 0 Å². The van der Waals surface area contributed by atoms with Crippen molar-refractivity contribution in [3.8, 4) is 0 Å². The first-order chi connectivity index (χ1) is 10.1. The number of nitrogens with one attached hydrogen (secondary N) is 1. The van der Waals surface area contributed by atoms with E-state index < -0.39 is 0 Å². The van der Waals surface area contributed by atoms with Crippen LogP contribution in [-0.2, 0) is 16.0 Å². The van der Waals surface area contributed by atoms with E-state index in [1.807, 2.05) is 5.38 Å². The Morgan fingerprint density at radius 3 is 2.95 bits per heavy atom. The van der Waals surface area contributed by atoms with Crippen molar-refractivity contribution in [3.63, 3.8) is 0 Å². The van der Waals surface area contributed by atoms with E-state index in [4.69, 9.17) is 0 Å². The number of carbonyl (C=O) groups excluding carboxylic acids is 2. The molecular weight excluding hydrogens is 284 g/mol. The van der Waals surface area contributed by atoms with Gasteiger partial charge in [-0.05, 0) is 59.6 Å². The zero-order chi connectivity index (χ0) is 14.9. The zero-order valence-electron chi connectivity index (χ0n) is 12.0. The van der Waals surface area contributed by atoms with Crippen molar-refractivity contribution in [2.45, 2.75) is 31.7 Å². The van der Waals surface area contributed by atoms with E-state index in [9.17, 15) is 9.59 Å². The summed E-state index contributed by atoms with van der Waals surface area (Å²) in [6, 6.07) is 1.75. The van der Waals surface area contributed by atoms with Crippen molar-refractivity contribution < 1.29 is 9.59 Å². The lowest BCUT2D eigenvalue weighted by atomic mass is 10.0. The van der Waals surface area contributed by atoms with Crippen LogP contribution in [0, 0.1) is 5.41 Å². The fourth-order valence-electron chi connectivity index (χ4n) is 3.06. The first kappa shape index (κ1) is 14.3. The van der Waals surface area contributed by atoms with Crippen LogP contribution in [0.5, 0.6) is 0 Å². The summed E-state index contributed by atoms with van der Waals surface area (Å²) in [5.74, 6) is -0.152. The second-order valence-electron chi connectivity index (χ2n) is 6.06. The molecule has 1 aliphatic carbocycles. The van der Waals surface area contributed by atoms with Crippen molar-refractivity contribution in [1.29, 1.82) is 0 Å². The molecule has 1 aliphatic heterocycles. The van der Waals surface area contributed by atoms with Gasteiger partial charge < -0.3 is 10.2 Å². The highest BCUT2D eigenvalue weighted by Gasteiger charge is 2.54. The number of hydrogen-bond donors (Lipinski definition) is 1. The topological polar surface area (TPSA) is 49.4 Å². The number of nitrogens with zero attached hydrogens (tertiary/aromatic N) is 1. The SMILES string of the molecule is C=CC(=O)N1CC2(CC2)C[C@@H]1C(=O)NCCc1ccsc1. The second kappa shape index (κ2) is 5.64. The van der Waals surface area contributed by atoms with Crippen LogP contribution in [0.4, 0.5) is 0 Å². The van der Waals surface area contributed by atoms with Crippen molar-refractivity contribution in [2.75, 3.05) is 13.1 Å². The average Bonchev–Trinajstić information content (AvgIpc) is 2.90. The predicted molar refractivity (Wildman–Crippen MR) is 83.0 cm³/mol. The van der Waals surface area contributed by atoms with E-state index in [2.05, 4.69) is 23.3 Å². The van der Waals surface area contributed by atoms with Crippen LogP contribution in [0.1, 0.15) is 24.8 Å². The zero-order valence-corrected chi connectivity index (χ0v) is 12.8. The summed E-state index contributed by atoms with van der Waals surface area (Å²) in [5, 5.41) is 7.10. The molecule has 5 heteroatoms. The molecule has 3 rings (SSSR count). The van der Waals surface area contributed by atoms with Crippen LogP contribution in [0.15, 0.2) is 29.5 Å². The monoisotopic (exact) mass is 304 g/mol. The summed E-state index contributed by atoms with van der Waals surface area (Å²) in [5.41, 5.74) is 1.46. The Balaban J connectivity index is 1.57. The molecule has 1 saturated carbocycles. The Morgan fingerprint density at radius 2 is 2.33 bits per heavy atom. The smallest absolute Gasteiger partial charge is 0.246 e. The lowest BCUT2D eigenvalue weighted by Crippen LogP contribution is -2.45. The van der Waals surface area contributed by atoms with Gasteiger partial charge in [-0.3, -0.25) is 9.59 Å². The minimum atomic E-state index is -0.319. The number of likely N-dealkylation sites (tertiary alicyclic amines) is 1. The summed E-state index contributed by atoms with van der Waals surface area (Å²) < 4.78 is 0. The minimum Gasteiger partial charge on any atom is -0.354 e. The molecule has 0 aromatic carbocycles. The average molecular weight is 304 g/mol. The molecule has 0 bridgehead atoms. The van der Waals surface area contributed by atoms with Crippen LogP contribution >= 0.6 is 11.3 Å². The Bertz CT molecular complexity index is 549. The first-order valence-electron chi connectivity index (χ1n) is 7.35. The molecule has 1 aromatic heterocycles. The highest BCUT2D eigenvalue weighted by Crippen LogP contribution is 2.54. The lowest BCUT2D eigenvalue weighted by molar-refractivity contribution is -0.135. The summed E-state index contributed by atoms with van der Waals surface area (Å²) in [4.78, 5) is 26.0. The molecule has 1 N–H and O–H groups in total. The van der Waals surface area contributed by atoms with Crippen LogP contribution in [0.2, 0.25) is 0 Å². The fraction of sp³-hybridized carbons (Fsp3) is 0.500. The van der Waals surface area contributed by atoms with Crippen LogP contribution in [0.3, 0.4) is 0 Å². The van der Waals surface area contributed by atoms with Gasteiger partial charge in [-0.2, -0.15) is 11.3 Å². The number of hydrogen-bond acceptors (Lipinski definition) is 3. The van der Waals surface area contributed by atoms with E-state index in [0.717, 1.165) is 25.7 Å². The number of rotatable bonds is 5. The Hall–Kier alpha value is -1.62. The maximum atomic E-state index is 12.4. The summed E-state index contributed by atoms with van der Waals surface area (Å²) in [6.07, 6.45) is 5.21. The van der Waals surface area contributed by atoms with Gasteiger partial charge in [0.1, 0.15) is 6.04 Å². The largest absolute Gasteiger partial charge is 0.354 e. The molecule has 112 valence electrons. The molecule has 2 fully saturated rings. The Morgan fingerprint density at radius 1 is 1.52 bits per heavy atom.